The standard InChI is InChI=1S/C18H26O3/c1-3-4-5-6-7-11-14-18(15-12-9-8-10-13-15)16(21-18)17(19)20-2/h8-10,12-13,16H,3-7,11,14H2,1-2H3. The van der Waals surface area contributed by atoms with Crippen LogP contribution in [0.25, 0.3) is 0 Å². The van der Waals surface area contributed by atoms with Crippen LogP contribution < -0.4 is 0 Å². The van der Waals surface area contributed by atoms with E-state index in [-0.39, 0.29) is 5.97 Å². The molecule has 0 saturated carbocycles. The smallest absolute Gasteiger partial charge is 0.338 e. The lowest BCUT2D eigenvalue weighted by Gasteiger charge is -2.13. The summed E-state index contributed by atoms with van der Waals surface area (Å²) in [7, 11) is 1.42. The minimum absolute atomic E-state index is 0.259. The third-order valence-corrected chi connectivity index (χ3v) is 4.27. The van der Waals surface area contributed by atoms with Gasteiger partial charge in [0.05, 0.1) is 7.11 Å². The van der Waals surface area contributed by atoms with Gasteiger partial charge in [0.15, 0.2) is 6.10 Å². The number of hydrogen-bond donors (Lipinski definition) is 0. The summed E-state index contributed by atoms with van der Waals surface area (Å²) in [5.41, 5.74) is 0.646. The number of rotatable bonds is 9. The maximum Gasteiger partial charge on any atom is 0.338 e. The first kappa shape index (κ1) is 16.0. The fourth-order valence-corrected chi connectivity index (χ4v) is 2.96. The van der Waals surface area contributed by atoms with E-state index in [1.165, 1.54) is 39.2 Å². The fraction of sp³-hybridized carbons (Fsp3) is 0.611. The molecule has 0 spiro atoms. The van der Waals surface area contributed by atoms with Crippen molar-refractivity contribution in [1.29, 1.82) is 0 Å². The Bertz CT molecular complexity index is 443. The van der Waals surface area contributed by atoms with E-state index in [2.05, 4.69) is 6.92 Å². The number of carbonyl (C=O) groups is 1. The van der Waals surface area contributed by atoms with Crippen molar-refractivity contribution in [1.82, 2.24) is 0 Å². The van der Waals surface area contributed by atoms with E-state index in [9.17, 15) is 4.79 Å². The summed E-state index contributed by atoms with van der Waals surface area (Å²) < 4.78 is 10.6. The Hall–Kier alpha value is -1.35. The monoisotopic (exact) mass is 290 g/mol. The first-order valence-electron chi connectivity index (χ1n) is 8.06. The number of hydrogen-bond acceptors (Lipinski definition) is 3. The van der Waals surface area contributed by atoms with E-state index < -0.39 is 11.7 Å². The van der Waals surface area contributed by atoms with Gasteiger partial charge in [-0.1, -0.05) is 75.8 Å². The first-order valence-corrected chi connectivity index (χ1v) is 8.06. The highest BCUT2D eigenvalue weighted by Crippen LogP contribution is 2.50. The van der Waals surface area contributed by atoms with Crippen molar-refractivity contribution >= 4 is 5.97 Å². The second kappa shape index (κ2) is 7.60. The first-order chi connectivity index (χ1) is 10.2. The lowest BCUT2D eigenvalue weighted by molar-refractivity contribution is -0.142. The maximum absolute atomic E-state index is 11.8. The van der Waals surface area contributed by atoms with Gasteiger partial charge in [0.25, 0.3) is 0 Å². The SMILES string of the molecule is CCCCCCCCC1(c2ccccc2)OC1C(=O)OC. The van der Waals surface area contributed by atoms with Crippen molar-refractivity contribution in [3.63, 3.8) is 0 Å². The minimum Gasteiger partial charge on any atom is -0.467 e. The van der Waals surface area contributed by atoms with E-state index in [1.54, 1.807) is 0 Å². The number of ether oxygens (including phenoxy) is 2. The third-order valence-electron chi connectivity index (χ3n) is 4.27. The zero-order valence-electron chi connectivity index (χ0n) is 13.1. The molecular weight excluding hydrogens is 264 g/mol. The number of unbranched alkanes of at least 4 members (excludes halogenated alkanes) is 5. The Kier molecular flexibility index (Phi) is 5.80. The summed E-state index contributed by atoms with van der Waals surface area (Å²) in [6, 6.07) is 10.1. The van der Waals surface area contributed by atoms with E-state index in [4.69, 9.17) is 9.47 Å². The van der Waals surface area contributed by atoms with Crippen LogP contribution in [0.1, 0.15) is 57.4 Å². The van der Waals surface area contributed by atoms with Crippen LogP contribution in [0.5, 0.6) is 0 Å². The molecule has 3 heteroatoms. The molecule has 1 fully saturated rings. The molecule has 0 aromatic heterocycles. The zero-order valence-corrected chi connectivity index (χ0v) is 13.1. The topological polar surface area (TPSA) is 38.8 Å². The van der Waals surface area contributed by atoms with Gasteiger partial charge in [-0.3, -0.25) is 0 Å². The molecule has 2 rings (SSSR count). The lowest BCUT2D eigenvalue weighted by atomic mass is 9.89. The molecule has 0 amide bonds. The third kappa shape index (κ3) is 3.85. The van der Waals surface area contributed by atoms with Gasteiger partial charge in [0, 0.05) is 0 Å². The Labute approximate surface area is 127 Å². The maximum atomic E-state index is 11.8. The Balaban J connectivity index is 1.91. The van der Waals surface area contributed by atoms with Crippen LogP contribution in [0.4, 0.5) is 0 Å². The predicted molar refractivity (Wildman–Crippen MR) is 83.0 cm³/mol. The Morgan fingerprint density at radius 3 is 2.48 bits per heavy atom. The molecule has 0 radical (unpaired) electrons. The molecule has 2 atom stereocenters. The van der Waals surface area contributed by atoms with Gasteiger partial charge in [0.1, 0.15) is 5.60 Å². The number of epoxide rings is 1. The molecule has 0 bridgehead atoms. The number of methoxy groups -OCH3 is 1. The predicted octanol–water partition coefficient (Wildman–Crippen LogP) is 4.20. The molecule has 2 unspecified atom stereocenters. The number of benzene rings is 1. The van der Waals surface area contributed by atoms with Gasteiger partial charge in [-0.05, 0) is 12.0 Å². The van der Waals surface area contributed by atoms with Crippen molar-refractivity contribution in [2.24, 2.45) is 0 Å². The van der Waals surface area contributed by atoms with Gasteiger partial charge in [-0.2, -0.15) is 0 Å². The van der Waals surface area contributed by atoms with E-state index in [0.717, 1.165) is 18.4 Å². The van der Waals surface area contributed by atoms with Gasteiger partial charge >= 0.3 is 5.97 Å². The van der Waals surface area contributed by atoms with Crippen LogP contribution in [0.15, 0.2) is 30.3 Å². The second-order valence-electron chi connectivity index (χ2n) is 5.79. The van der Waals surface area contributed by atoms with Gasteiger partial charge < -0.3 is 9.47 Å². The van der Waals surface area contributed by atoms with Crippen molar-refractivity contribution in [3.05, 3.63) is 35.9 Å². The molecule has 1 aliphatic rings. The average Bonchev–Trinajstić information content (AvgIpc) is 3.27. The van der Waals surface area contributed by atoms with E-state index in [0.29, 0.717) is 0 Å². The second-order valence-corrected chi connectivity index (χ2v) is 5.79. The Morgan fingerprint density at radius 2 is 1.81 bits per heavy atom. The molecule has 3 nitrogen and oxygen atoms in total. The van der Waals surface area contributed by atoms with Crippen LogP contribution in [-0.4, -0.2) is 19.2 Å². The normalized spacial score (nSPS) is 23.8. The van der Waals surface area contributed by atoms with Crippen LogP contribution in [0.3, 0.4) is 0 Å². The molecule has 1 aromatic carbocycles. The molecule has 1 aliphatic heterocycles. The van der Waals surface area contributed by atoms with Gasteiger partial charge in [-0.15, -0.1) is 0 Å². The van der Waals surface area contributed by atoms with Gasteiger partial charge in [-0.25, -0.2) is 4.79 Å². The summed E-state index contributed by atoms with van der Waals surface area (Å²) in [4.78, 5) is 11.8. The summed E-state index contributed by atoms with van der Waals surface area (Å²) in [5, 5.41) is 0. The van der Waals surface area contributed by atoms with E-state index >= 15 is 0 Å². The summed E-state index contributed by atoms with van der Waals surface area (Å²) >= 11 is 0. The summed E-state index contributed by atoms with van der Waals surface area (Å²) in [6.45, 7) is 2.23. The Morgan fingerprint density at radius 1 is 1.14 bits per heavy atom. The van der Waals surface area contributed by atoms with Crippen molar-refractivity contribution in [3.8, 4) is 0 Å². The highest BCUT2D eigenvalue weighted by atomic mass is 16.7. The van der Waals surface area contributed by atoms with E-state index in [1.807, 2.05) is 30.3 Å². The molecular formula is C18H26O3. The highest BCUT2D eigenvalue weighted by Gasteiger charge is 2.61. The molecule has 21 heavy (non-hydrogen) atoms. The molecule has 1 heterocycles. The molecule has 116 valence electrons. The zero-order chi connectivity index (χ0) is 15.1. The molecule has 0 aliphatic carbocycles. The highest BCUT2D eigenvalue weighted by molar-refractivity contribution is 5.79. The summed E-state index contributed by atoms with van der Waals surface area (Å²) in [6.07, 6.45) is 7.89. The van der Waals surface area contributed by atoms with Crippen molar-refractivity contribution < 1.29 is 14.3 Å². The van der Waals surface area contributed by atoms with Crippen LogP contribution in [-0.2, 0) is 19.9 Å². The summed E-state index contributed by atoms with van der Waals surface area (Å²) in [5.74, 6) is -0.259. The van der Waals surface area contributed by atoms with Gasteiger partial charge in [0.2, 0.25) is 0 Å². The largest absolute Gasteiger partial charge is 0.467 e. The molecule has 0 N–H and O–H groups in total. The fourth-order valence-electron chi connectivity index (χ4n) is 2.96. The molecule has 1 saturated heterocycles. The quantitative estimate of drug-likeness (QED) is 0.388. The van der Waals surface area contributed by atoms with Crippen molar-refractivity contribution in [2.75, 3.05) is 7.11 Å². The van der Waals surface area contributed by atoms with Crippen LogP contribution in [0.2, 0.25) is 0 Å². The average molecular weight is 290 g/mol. The molecule has 1 aromatic rings. The number of carbonyl (C=O) groups excluding carboxylic acids is 1. The van der Waals surface area contributed by atoms with Crippen molar-refractivity contribution in [2.45, 2.75) is 63.6 Å². The minimum atomic E-state index is -0.445. The van der Waals surface area contributed by atoms with Crippen LogP contribution in [0, 0.1) is 0 Å². The van der Waals surface area contributed by atoms with Crippen LogP contribution >= 0.6 is 0 Å². The number of esters is 1. The lowest BCUT2D eigenvalue weighted by Crippen LogP contribution is -2.20.